The largest absolute Gasteiger partial charge is 0.394 e. The molecule has 1 rings (SSSR count). The molecule has 0 radical (unpaired) electrons. The molecule has 0 bridgehead atoms. The summed E-state index contributed by atoms with van der Waals surface area (Å²) in [6.07, 6.45) is -2.55. The molecule has 0 aromatic carbocycles. The predicted octanol–water partition coefficient (Wildman–Crippen LogP) is -1.98. The lowest BCUT2D eigenvalue weighted by Crippen LogP contribution is -2.58. The monoisotopic (exact) mass is 177 g/mol. The van der Waals surface area contributed by atoms with E-state index in [0.717, 1.165) is 0 Å². The normalized spacial score (nSPS) is 49.2. The van der Waals surface area contributed by atoms with Gasteiger partial charge in [0.25, 0.3) is 0 Å². The quantitative estimate of drug-likeness (QED) is 0.372. The number of aliphatic hydroxyl groups excluding tert-OH is 3. The Morgan fingerprint density at radius 3 is 2.50 bits per heavy atom. The summed E-state index contributed by atoms with van der Waals surface area (Å²) in [6.45, 7) is 1.50. The van der Waals surface area contributed by atoms with Crippen LogP contribution in [0.4, 0.5) is 0 Å². The minimum atomic E-state index is -1.19. The first kappa shape index (κ1) is 9.88. The highest BCUT2D eigenvalue weighted by molar-refractivity contribution is 4.88. The molecule has 0 aromatic heterocycles. The van der Waals surface area contributed by atoms with Gasteiger partial charge in [0.05, 0.1) is 24.9 Å². The summed E-state index contributed by atoms with van der Waals surface area (Å²) in [5, 5.41) is 27.4. The second-order valence-corrected chi connectivity index (χ2v) is 3.17. The van der Waals surface area contributed by atoms with Gasteiger partial charge >= 0.3 is 0 Å². The number of hydrogen-bond acceptors (Lipinski definition) is 5. The third-order valence-electron chi connectivity index (χ3n) is 2.34. The van der Waals surface area contributed by atoms with E-state index in [-0.39, 0.29) is 12.5 Å². The predicted molar refractivity (Wildman–Crippen MR) is 41.1 cm³/mol. The second-order valence-electron chi connectivity index (χ2n) is 3.17. The van der Waals surface area contributed by atoms with Gasteiger partial charge in [-0.1, -0.05) is 6.92 Å². The zero-order chi connectivity index (χ0) is 9.30. The maximum Gasteiger partial charge on any atom is 0.172 e. The van der Waals surface area contributed by atoms with Crippen molar-refractivity contribution in [3.63, 3.8) is 0 Å². The summed E-state index contributed by atoms with van der Waals surface area (Å²) in [7, 11) is 0. The maximum atomic E-state index is 9.44. The van der Waals surface area contributed by atoms with E-state index in [2.05, 4.69) is 0 Å². The fraction of sp³-hybridized carbons (Fsp3) is 1.00. The average Bonchev–Trinajstić information content (AvgIpc) is 2.08. The fourth-order valence-corrected chi connectivity index (χ4v) is 1.34. The maximum absolute atomic E-state index is 9.44. The summed E-state index contributed by atoms with van der Waals surface area (Å²) in [6, 6.07) is -0.789. The van der Waals surface area contributed by atoms with Crippen LogP contribution in [-0.4, -0.2) is 46.5 Å². The molecule has 5 heteroatoms. The van der Waals surface area contributed by atoms with Crippen LogP contribution < -0.4 is 5.73 Å². The Hall–Kier alpha value is -0.200. The van der Waals surface area contributed by atoms with Crippen molar-refractivity contribution in [1.29, 1.82) is 0 Å². The van der Waals surface area contributed by atoms with Crippen molar-refractivity contribution >= 4 is 0 Å². The molecule has 5 atom stereocenters. The van der Waals surface area contributed by atoms with Gasteiger partial charge in [-0.3, -0.25) is 0 Å². The van der Waals surface area contributed by atoms with Crippen LogP contribution in [0, 0.1) is 5.92 Å². The second kappa shape index (κ2) is 3.68. The van der Waals surface area contributed by atoms with Gasteiger partial charge in [0.1, 0.15) is 0 Å². The van der Waals surface area contributed by atoms with Crippen molar-refractivity contribution in [2.45, 2.75) is 31.5 Å². The summed E-state index contributed by atoms with van der Waals surface area (Å²) in [4.78, 5) is 0. The Morgan fingerprint density at radius 2 is 2.00 bits per heavy atom. The minimum Gasteiger partial charge on any atom is -0.394 e. The third kappa shape index (κ3) is 1.60. The standard InChI is InChI=1S/C7H15NO4/c1-3-4(2-9)12-7(11)5(8)6(3)10/h3-7,9-11H,2,8H2,1H3. The molecule has 1 fully saturated rings. The van der Waals surface area contributed by atoms with E-state index in [1.165, 1.54) is 0 Å². The van der Waals surface area contributed by atoms with E-state index >= 15 is 0 Å². The van der Waals surface area contributed by atoms with Crippen molar-refractivity contribution < 1.29 is 20.1 Å². The highest BCUT2D eigenvalue weighted by Crippen LogP contribution is 2.23. The van der Waals surface area contributed by atoms with Crippen LogP contribution in [0.15, 0.2) is 0 Å². The first-order valence-electron chi connectivity index (χ1n) is 3.96. The molecule has 0 aromatic rings. The molecule has 5 unspecified atom stereocenters. The fourth-order valence-electron chi connectivity index (χ4n) is 1.34. The van der Waals surface area contributed by atoms with Gasteiger partial charge in [0.2, 0.25) is 0 Å². The lowest BCUT2D eigenvalue weighted by molar-refractivity contribution is -0.229. The molecule has 1 aliphatic rings. The Balaban J connectivity index is 2.63. The first-order valence-corrected chi connectivity index (χ1v) is 3.96. The SMILES string of the molecule is CC1C(CO)OC(O)C(N)C1O. The van der Waals surface area contributed by atoms with Crippen LogP contribution in [0.1, 0.15) is 6.92 Å². The van der Waals surface area contributed by atoms with E-state index in [0.29, 0.717) is 0 Å². The van der Waals surface area contributed by atoms with E-state index in [4.69, 9.17) is 20.7 Å². The molecular formula is C7H15NO4. The Morgan fingerprint density at radius 1 is 1.42 bits per heavy atom. The van der Waals surface area contributed by atoms with E-state index < -0.39 is 24.5 Å². The van der Waals surface area contributed by atoms with E-state index in [9.17, 15) is 5.11 Å². The topological polar surface area (TPSA) is 95.9 Å². The van der Waals surface area contributed by atoms with Crippen molar-refractivity contribution in [1.82, 2.24) is 0 Å². The highest BCUT2D eigenvalue weighted by atomic mass is 16.6. The van der Waals surface area contributed by atoms with E-state index in [1.807, 2.05) is 0 Å². The molecule has 0 aliphatic carbocycles. The van der Waals surface area contributed by atoms with Crippen LogP contribution in [0.5, 0.6) is 0 Å². The van der Waals surface area contributed by atoms with Crippen LogP contribution in [0.25, 0.3) is 0 Å². The summed E-state index contributed by atoms with van der Waals surface area (Å²) >= 11 is 0. The molecular weight excluding hydrogens is 162 g/mol. The Labute approximate surface area is 70.8 Å². The number of nitrogens with two attached hydrogens (primary N) is 1. The van der Waals surface area contributed by atoms with Gasteiger partial charge in [-0.05, 0) is 0 Å². The molecule has 1 heterocycles. The molecule has 72 valence electrons. The zero-order valence-electron chi connectivity index (χ0n) is 6.92. The lowest BCUT2D eigenvalue weighted by Gasteiger charge is -2.39. The van der Waals surface area contributed by atoms with Gasteiger partial charge in [-0.25, -0.2) is 0 Å². The number of ether oxygens (including phenoxy) is 1. The number of hydrogen-bond donors (Lipinski definition) is 4. The molecule has 5 N–H and O–H groups in total. The highest BCUT2D eigenvalue weighted by Gasteiger charge is 2.39. The first-order chi connectivity index (χ1) is 5.57. The van der Waals surface area contributed by atoms with Crippen molar-refractivity contribution in [3.8, 4) is 0 Å². The van der Waals surface area contributed by atoms with Crippen molar-refractivity contribution in [2.75, 3.05) is 6.61 Å². The zero-order valence-corrected chi connectivity index (χ0v) is 6.92. The Bertz CT molecular complexity index is 150. The number of aliphatic hydroxyl groups is 3. The molecule has 0 saturated carbocycles. The summed E-state index contributed by atoms with van der Waals surface area (Å²) in [5.74, 6) is -0.256. The molecule has 0 spiro atoms. The minimum absolute atomic E-state index is 0.220. The van der Waals surface area contributed by atoms with Crippen LogP contribution >= 0.6 is 0 Å². The van der Waals surface area contributed by atoms with Gasteiger partial charge in [0.15, 0.2) is 6.29 Å². The summed E-state index contributed by atoms with van der Waals surface area (Å²) < 4.78 is 4.95. The van der Waals surface area contributed by atoms with E-state index in [1.54, 1.807) is 6.92 Å². The smallest absolute Gasteiger partial charge is 0.172 e. The van der Waals surface area contributed by atoms with Crippen molar-refractivity contribution in [2.24, 2.45) is 11.7 Å². The van der Waals surface area contributed by atoms with Crippen molar-refractivity contribution in [3.05, 3.63) is 0 Å². The molecule has 12 heavy (non-hydrogen) atoms. The molecule has 0 amide bonds. The van der Waals surface area contributed by atoms with Gasteiger partial charge in [-0.15, -0.1) is 0 Å². The molecule has 1 aliphatic heterocycles. The lowest BCUT2D eigenvalue weighted by atomic mass is 9.90. The average molecular weight is 177 g/mol. The number of rotatable bonds is 1. The summed E-state index contributed by atoms with van der Waals surface area (Å²) in [5.41, 5.74) is 5.42. The third-order valence-corrected chi connectivity index (χ3v) is 2.34. The molecule has 5 nitrogen and oxygen atoms in total. The van der Waals surface area contributed by atoms with Gasteiger partial charge < -0.3 is 25.8 Å². The van der Waals surface area contributed by atoms with Crippen LogP contribution in [-0.2, 0) is 4.74 Å². The Kier molecular flexibility index (Phi) is 3.03. The molecule has 1 saturated heterocycles. The van der Waals surface area contributed by atoms with Crippen LogP contribution in [0.2, 0.25) is 0 Å². The van der Waals surface area contributed by atoms with Gasteiger partial charge in [-0.2, -0.15) is 0 Å². The van der Waals surface area contributed by atoms with Gasteiger partial charge in [0, 0.05) is 5.92 Å². The van der Waals surface area contributed by atoms with Crippen LogP contribution in [0.3, 0.4) is 0 Å².